The molecule has 0 atom stereocenters. The van der Waals surface area contributed by atoms with Gasteiger partial charge < -0.3 is 20.1 Å². The van der Waals surface area contributed by atoms with Crippen LogP contribution in [0.2, 0.25) is 0 Å². The number of carbonyl (C=O) groups is 2. The first-order valence-corrected chi connectivity index (χ1v) is 9.58. The van der Waals surface area contributed by atoms with E-state index < -0.39 is 21.8 Å². The van der Waals surface area contributed by atoms with E-state index in [1.807, 2.05) is 0 Å². The number of morpholine rings is 1. The maximum absolute atomic E-state index is 12.9. The van der Waals surface area contributed by atoms with Crippen LogP contribution in [-0.4, -0.2) is 71.0 Å². The quantitative estimate of drug-likeness (QED) is 0.584. The lowest BCUT2D eigenvalue weighted by molar-refractivity contribution is -0.119. The molecule has 9 nitrogen and oxygen atoms in total. The summed E-state index contributed by atoms with van der Waals surface area (Å²) in [6, 6.07) is 4.06. The summed E-state index contributed by atoms with van der Waals surface area (Å²) >= 11 is 0. The Morgan fingerprint density at radius 2 is 2.00 bits per heavy atom. The Labute approximate surface area is 158 Å². The summed E-state index contributed by atoms with van der Waals surface area (Å²) in [5, 5.41) is 4.83. The Kier molecular flexibility index (Phi) is 7.18. The van der Waals surface area contributed by atoms with E-state index in [-0.39, 0.29) is 42.4 Å². The lowest BCUT2D eigenvalue weighted by Crippen LogP contribution is -2.41. The fourth-order valence-corrected chi connectivity index (χ4v) is 4.01. The smallest absolute Gasteiger partial charge is 0.251 e. The van der Waals surface area contributed by atoms with Gasteiger partial charge in [0, 0.05) is 18.7 Å². The summed E-state index contributed by atoms with van der Waals surface area (Å²) in [6.45, 7) is 0.814. The van der Waals surface area contributed by atoms with Gasteiger partial charge in [0.25, 0.3) is 5.91 Å². The van der Waals surface area contributed by atoms with Crippen molar-refractivity contribution in [3.05, 3.63) is 23.8 Å². The number of rotatable bonds is 7. The molecule has 2 N–H and O–H groups in total. The number of nitrogens with zero attached hydrogens (tertiary/aromatic N) is 1. The SMILES string of the molecule is C#CCNC(=O)CNC(=O)c1ccc(OC)c(S(=O)(=O)N2CCOCC2)c1. The molecule has 0 bridgehead atoms. The molecule has 27 heavy (non-hydrogen) atoms. The number of benzene rings is 1. The van der Waals surface area contributed by atoms with Gasteiger partial charge in [-0.05, 0) is 18.2 Å². The Balaban J connectivity index is 2.20. The summed E-state index contributed by atoms with van der Waals surface area (Å²) in [4.78, 5) is 23.7. The molecule has 1 fully saturated rings. The number of methoxy groups -OCH3 is 1. The molecule has 0 unspecified atom stereocenters. The van der Waals surface area contributed by atoms with Gasteiger partial charge in [-0.3, -0.25) is 9.59 Å². The van der Waals surface area contributed by atoms with Crippen LogP contribution >= 0.6 is 0 Å². The normalized spacial score (nSPS) is 14.8. The number of sulfonamides is 1. The zero-order valence-electron chi connectivity index (χ0n) is 14.9. The van der Waals surface area contributed by atoms with E-state index in [9.17, 15) is 18.0 Å². The van der Waals surface area contributed by atoms with Gasteiger partial charge in [-0.25, -0.2) is 8.42 Å². The lowest BCUT2D eigenvalue weighted by atomic mass is 10.2. The molecule has 0 saturated carbocycles. The minimum absolute atomic E-state index is 0.0547. The van der Waals surface area contributed by atoms with Gasteiger partial charge in [0.15, 0.2) is 0 Å². The predicted octanol–water partition coefficient (Wildman–Crippen LogP) is -0.805. The number of ether oxygens (including phenoxy) is 2. The van der Waals surface area contributed by atoms with Crippen molar-refractivity contribution >= 4 is 21.8 Å². The van der Waals surface area contributed by atoms with E-state index in [2.05, 4.69) is 16.6 Å². The summed E-state index contributed by atoms with van der Waals surface area (Å²) in [5.74, 6) is 1.34. The summed E-state index contributed by atoms with van der Waals surface area (Å²) in [5.41, 5.74) is 0.0902. The largest absolute Gasteiger partial charge is 0.495 e. The standard InChI is InChI=1S/C17H21N3O6S/c1-3-6-18-16(21)12-19-17(22)13-4-5-14(25-2)15(11-13)27(23,24)20-7-9-26-10-8-20/h1,4-5,11H,6-10,12H2,2H3,(H,18,21)(H,19,22). The second-order valence-electron chi connectivity index (χ2n) is 5.55. The van der Waals surface area contributed by atoms with Gasteiger partial charge in [0.05, 0.1) is 33.4 Å². The average molecular weight is 395 g/mol. The van der Waals surface area contributed by atoms with Gasteiger partial charge in [-0.2, -0.15) is 4.31 Å². The third-order valence-electron chi connectivity index (χ3n) is 3.81. The molecule has 10 heteroatoms. The number of carbonyl (C=O) groups excluding carboxylic acids is 2. The van der Waals surface area contributed by atoms with Crippen LogP contribution in [0.4, 0.5) is 0 Å². The minimum Gasteiger partial charge on any atom is -0.495 e. The second kappa shape index (κ2) is 9.36. The second-order valence-corrected chi connectivity index (χ2v) is 7.45. The first-order valence-electron chi connectivity index (χ1n) is 8.14. The Hall–Kier alpha value is -2.61. The molecule has 0 aliphatic carbocycles. The highest BCUT2D eigenvalue weighted by atomic mass is 32.2. The summed E-state index contributed by atoms with van der Waals surface area (Å²) in [7, 11) is -2.51. The fraction of sp³-hybridized carbons (Fsp3) is 0.412. The maximum atomic E-state index is 12.9. The highest BCUT2D eigenvalue weighted by molar-refractivity contribution is 7.89. The molecule has 1 aromatic rings. The van der Waals surface area contributed by atoms with Gasteiger partial charge in [0.1, 0.15) is 10.6 Å². The highest BCUT2D eigenvalue weighted by Gasteiger charge is 2.30. The Morgan fingerprint density at radius 1 is 1.30 bits per heavy atom. The molecule has 1 aliphatic rings. The van der Waals surface area contributed by atoms with Crippen molar-refractivity contribution in [3.63, 3.8) is 0 Å². The molecule has 0 aromatic heterocycles. The number of nitrogens with one attached hydrogen (secondary N) is 2. The molecule has 0 radical (unpaired) electrons. The van der Waals surface area contributed by atoms with E-state index in [0.717, 1.165) is 0 Å². The number of amides is 2. The van der Waals surface area contributed by atoms with Crippen LogP contribution in [0.1, 0.15) is 10.4 Å². The van der Waals surface area contributed by atoms with Crippen molar-refractivity contribution in [1.82, 2.24) is 14.9 Å². The fourth-order valence-electron chi connectivity index (χ4n) is 2.42. The molecule has 1 aliphatic heterocycles. The van der Waals surface area contributed by atoms with E-state index in [4.69, 9.17) is 15.9 Å². The zero-order valence-corrected chi connectivity index (χ0v) is 15.7. The average Bonchev–Trinajstić information content (AvgIpc) is 2.70. The van der Waals surface area contributed by atoms with Gasteiger partial charge in [-0.15, -0.1) is 6.42 Å². The zero-order chi connectivity index (χ0) is 19.9. The van der Waals surface area contributed by atoms with E-state index in [1.165, 1.54) is 29.6 Å². The minimum atomic E-state index is -3.86. The molecule has 0 spiro atoms. The van der Waals surface area contributed by atoms with Crippen molar-refractivity contribution in [3.8, 4) is 18.1 Å². The van der Waals surface area contributed by atoms with Crippen LogP contribution in [-0.2, 0) is 19.6 Å². The van der Waals surface area contributed by atoms with Crippen LogP contribution in [0, 0.1) is 12.3 Å². The highest BCUT2D eigenvalue weighted by Crippen LogP contribution is 2.28. The van der Waals surface area contributed by atoms with E-state index >= 15 is 0 Å². The molecule has 2 amide bonds. The van der Waals surface area contributed by atoms with Gasteiger partial charge in [-0.1, -0.05) is 5.92 Å². The summed E-state index contributed by atoms with van der Waals surface area (Å²) < 4.78 is 37.4. The first-order chi connectivity index (χ1) is 12.9. The van der Waals surface area contributed by atoms with Crippen LogP contribution in [0.3, 0.4) is 0 Å². The van der Waals surface area contributed by atoms with Crippen molar-refractivity contribution in [2.45, 2.75) is 4.90 Å². The molecule has 1 heterocycles. The third kappa shape index (κ3) is 5.19. The molecule has 2 rings (SSSR count). The topological polar surface area (TPSA) is 114 Å². The molecule has 146 valence electrons. The van der Waals surface area contributed by atoms with Crippen molar-refractivity contribution in [1.29, 1.82) is 0 Å². The number of hydrogen-bond donors (Lipinski definition) is 2. The van der Waals surface area contributed by atoms with Crippen LogP contribution < -0.4 is 15.4 Å². The van der Waals surface area contributed by atoms with E-state index in [1.54, 1.807) is 0 Å². The monoisotopic (exact) mass is 395 g/mol. The number of terminal acetylenes is 1. The maximum Gasteiger partial charge on any atom is 0.251 e. The van der Waals surface area contributed by atoms with E-state index in [0.29, 0.717) is 13.2 Å². The summed E-state index contributed by atoms with van der Waals surface area (Å²) in [6.07, 6.45) is 5.04. The Bertz CT molecular complexity index is 841. The number of hydrogen-bond acceptors (Lipinski definition) is 6. The van der Waals surface area contributed by atoms with Crippen molar-refractivity contribution < 1.29 is 27.5 Å². The predicted molar refractivity (Wildman–Crippen MR) is 96.7 cm³/mol. The van der Waals surface area contributed by atoms with Crippen LogP contribution in [0.15, 0.2) is 23.1 Å². The Morgan fingerprint density at radius 3 is 2.63 bits per heavy atom. The van der Waals surface area contributed by atoms with Crippen molar-refractivity contribution in [2.75, 3.05) is 46.5 Å². The molecular weight excluding hydrogens is 374 g/mol. The van der Waals surface area contributed by atoms with Gasteiger partial charge in [0.2, 0.25) is 15.9 Å². The lowest BCUT2D eigenvalue weighted by Gasteiger charge is -2.26. The third-order valence-corrected chi connectivity index (χ3v) is 5.73. The first kappa shape index (κ1) is 20.7. The van der Waals surface area contributed by atoms with Gasteiger partial charge >= 0.3 is 0 Å². The van der Waals surface area contributed by atoms with Crippen LogP contribution in [0.5, 0.6) is 5.75 Å². The molecule has 1 saturated heterocycles. The van der Waals surface area contributed by atoms with Crippen LogP contribution in [0.25, 0.3) is 0 Å². The van der Waals surface area contributed by atoms with Crippen molar-refractivity contribution in [2.24, 2.45) is 0 Å². The molecular formula is C17H21N3O6S. The molecule has 1 aromatic carbocycles.